The van der Waals surface area contributed by atoms with Crippen LogP contribution in [0.1, 0.15) is 32.3 Å². The average molecular weight is 396 g/mol. The van der Waals surface area contributed by atoms with Gasteiger partial charge in [-0.2, -0.15) is 0 Å². The van der Waals surface area contributed by atoms with Gasteiger partial charge in [0.1, 0.15) is 10.7 Å². The molecule has 1 aromatic heterocycles. The molecule has 0 aliphatic heterocycles. The quantitative estimate of drug-likeness (QED) is 0.600. The van der Waals surface area contributed by atoms with E-state index in [4.69, 9.17) is 0 Å². The molecule has 0 fully saturated rings. The Kier molecular flexibility index (Phi) is 5.99. The SMILES string of the molecule is CCN(c1ccccc1)S(=O)(=O)c1ccc(Nc2ccc(C(C)C)cc2)nc1. The van der Waals surface area contributed by atoms with E-state index < -0.39 is 10.0 Å². The molecule has 5 nitrogen and oxygen atoms in total. The van der Waals surface area contributed by atoms with Crippen LogP contribution >= 0.6 is 0 Å². The van der Waals surface area contributed by atoms with Crippen LogP contribution in [0.3, 0.4) is 0 Å². The van der Waals surface area contributed by atoms with Crippen LogP contribution < -0.4 is 9.62 Å². The Hall–Kier alpha value is -2.86. The lowest BCUT2D eigenvalue weighted by atomic mass is 10.0. The lowest BCUT2D eigenvalue weighted by Gasteiger charge is -2.22. The molecule has 146 valence electrons. The summed E-state index contributed by atoms with van der Waals surface area (Å²) in [7, 11) is -3.67. The van der Waals surface area contributed by atoms with Gasteiger partial charge >= 0.3 is 0 Å². The number of hydrogen-bond acceptors (Lipinski definition) is 4. The smallest absolute Gasteiger partial charge is 0.265 e. The van der Waals surface area contributed by atoms with Crippen molar-refractivity contribution in [1.82, 2.24) is 4.98 Å². The highest BCUT2D eigenvalue weighted by Crippen LogP contribution is 2.24. The Morgan fingerprint density at radius 1 is 0.964 bits per heavy atom. The molecular weight excluding hydrogens is 370 g/mol. The minimum absolute atomic E-state index is 0.166. The first-order valence-electron chi connectivity index (χ1n) is 9.32. The van der Waals surface area contributed by atoms with Crippen molar-refractivity contribution in [2.45, 2.75) is 31.6 Å². The molecule has 3 aromatic rings. The third kappa shape index (κ3) is 4.34. The molecule has 0 spiro atoms. The molecule has 0 bridgehead atoms. The molecule has 0 atom stereocenters. The molecule has 1 heterocycles. The Morgan fingerprint density at radius 2 is 1.64 bits per heavy atom. The van der Waals surface area contributed by atoms with Gasteiger partial charge in [-0.05, 0) is 54.8 Å². The second-order valence-electron chi connectivity index (χ2n) is 6.79. The van der Waals surface area contributed by atoms with Crippen LogP contribution in [0.4, 0.5) is 17.2 Å². The average Bonchev–Trinajstić information content (AvgIpc) is 2.70. The van der Waals surface area contributed by atoms with Crippen molar-refractivity contribution in [3.05, 3.63) is 78.5 Å². The molecule has 2 aromatic carbocycles. The number of anilines is 3. The minimum atomic E-state index is -3.67. The standard InChI is InChI=1S/C22H25N3O2S/c1-4-25(20-8-6-5-7-9-20)28(26,27)21-14-15-22(23-16-21)24-19-12-10-18(11-13-19)17(2)3/h5-17H,4H2,1-3H3,(H,23,24). The number of nitrogens with zero attached hydrogens (tertiary/aromatic N) is 2. The van der Waals surface area contributed by atoms with Gasteiger partial charge in [0.15, 0.2) is 0 Å². The predicted molar refractivity (Wildman–Crippen MR) is 115 cm³/mol. The maximum atomic E-state index is 13.0. The third-order valence-electron chi connectivity index (χ3n) is 4.51. The van der Waals surface area contributed by atoms with Gasteiger partial charge in [-0.3, -0.25) is 4.31 Å². The highest BCUT2D eigenvalue weighted by Gasteiger charge is 2.23. The Bertz CT molecular complexity index is 1000. The fraction of sp³-hybridized carbons (Fsp3) is 0.227. The van der Waals surface area contributed by atoms with Crippen molar-refractivity contribution in [2.24, 2.45) is 0 Å². The molecule has 0 saturated heterocycles. The molecule has 0 aliphatic rings. The van der Waals surface area contributed by atoms with E-state index in [9.17, 15) is 8.42 Å². The van der Waals surface area contributed by atoms with E-state index in [0.717, 1.165) is 5.69 Å². The van der Waals surface area contributed by atoms with E-state index in [1.165, 1.54) is 16.1 Å². The van der Waals surface area contributed by atoms with Crippen LogP contribution in [0.2, 0.25) is 0 Å². The van der Waals surface area contributed by atoms with Crippen molar-refractivity contribution >= 4 is 27.2 Å². The zero-order valence-electron chi connectivity index (χ0n) is 16.3. The number of pyridine rings is 1. The first kappa shape index (κ1) is 19.9. The molecule has 3 rings (SSSR count). The largest absolute Gasteiger partial charge is 0.340 e. The van der Waals surface area contributed by atoms with Gasteiger partial charge in [0.25, 0.3) is 10.0 Å². The van der Waals surface area contributed by atoms with Crippen molar-refractivity contribution in [2.75, 3.05) is 16.2 Å². The summed E-state index contributed by atoms with van der Waals surface area (Å²) in [4.78, 5) is 4.46. The van der Waals surface area contributed by atoms with Crippen molar-refractivity contribution < 1.29 is 8.42 Å². The van der Waals surface area contributed by atoms with E-state index in [-0.39, 0.29) is 4.90 Å². The van der Waals surface area contributed by atoms with Gasteiger partial charge in [0.2, 0.25) is 0 Å². The molecule has 28 heavy (non-hydrogen) atoms. The van der Waals surface area contributed by atoms with Crippen LogP contribution in [0.5, 0.6) is 0 Å². The van der Waals surface area contributed by atoms with Gasteiger partial charge < -0.3 is 5.32 Å². The van der Waals surface area contributed by atoms with E-state index in [2.05, 4.69) is 36.3 Å². The molecule has 0 unspecified atom stereocenters. The zero-order valence-corrected chi connectivity index (χ0v) is 17.1. The summed E-state index contributed by atoms with van der Waals surface area (Å²) in [5.74, 6) is 1.07. The number of hydrogen-bond donors (Lipinski definition) is 1. The second-order valence-corrected chi connectivity index (χ2v) is 8.65. The molecule has 0 saturated carbocycles. The van der Waals surface area contributed by atoms with E-state index >= 15 is 0 Å². The molecular formula is C22H25N3O2S. The molecule has 0 amide bonds. The molecule has 0 radical (unpaired) electrons. The summed E-state index contributed by atoms with van der Waals surface area (Å²) in [5.41, 5.74) is 2.81. The highest BCUT2D eigenvalue weighted by molar-refractivity contribution is 7.92. The van der Waals surface area contributed by atoms with Crippen molar-refractivity contribution in [3.63, 3.8) is 0 Å². The van der Waals surface area contributed by atoms with E-state index in [0.29, 0.717) is 24.0 Å². The monoisotopic (exact) mass is 395 g/mol. The van der Waals surface area contributed by atoms with Crippen LogP contribution in [-0.4, -0.2) is 19.9 Å². The molecule has 1 N–H and O–H groups in total. The molecule has 0 aliphatic carbocycles. The first-order valence-corrected chi connectivity index (χ1v) is 10.8. The lowest BCUT2D eigenvalue weighted by molar-refractivity contribution is 0.591. The van der Waals surface area contributed by atoms with Gasteiger partial charge in [-0.15, -0.1) is 0 Å². The summed E-state index contributed by atoms with van der Waals surface area (Å²) in [6.45, 7) is 6.46. The maximum Gasteiger partial charge on any atom is 0.265 e. The Balaban J connectivity index is 1.79. The van der Waals surface area contributed by atoms with E-state index in [1.54, 1.807) is 24.3 Å². The van der Waals surface area contributed by atoms with Crippen molar-refractivity contribution in [3.8, 4) is 0 Å². The normalized spacial score (nSPS) is 11.4. The summed E-state index contributed by atoms with van der Waals surface area (Å²) in [6.07, 6.45) is 1.39. The van der Waals surface area contributed by atoms with Crippen LogP contribution in [0.25, 0.3) is 0 Å². The van der Waals surface area contributed by atoms with Gasteiger partial charge in [0, 0.05) is 18.4 Å². The number of para-hydroxylation sites is 1. The number of nitrogens with one attached hydrogen (secondary N) is 1. The number of benzene rings is 2. The van der Waals surface area contributed by atoms with Gasteiger partial charge in [0.05, 0.1) is 5.69 Å². The summed E-state index contributed by atoms with van der Waals surface area (Å²) in [6, 6.07) is 20.5. The minimum Gasteiger partial charge on any atom is -0.340 e. The van der Waals surface area contributed by atoms with Crippen LogP contribution in [0.15, 0.2) is 77.8 Å². The Labute approximate surface area is 167 Å². The number of aromatic nitrogens is 1. The topological polar surface area (TPSA) is 62.3 Å². The predicted octanol–water partition coefficient (Wildman–Crippen LogP) is 5.16. The van der Waals surface area contributed by atoms with Crippen LogP contribution in [-0.2, 0) is 10.0 Å². The molecule has 6 heteroatoms. The van der Waals surface area contributed by atoms with Crippen molar-refractivity contribution in [1.29, 1.82) is 0 Å². The van der Waals surface area contributed by atoms with E-state index in [1.807, 2.05) is 37.3 Å². The highest BCUT2D eigenvalue weighted by atomic mass is 32.2. The zero-order chi connectivity index (χ0) is 20.1. The maximum absolute atomic E-state index is 13.0. The summed E-state index contributed by atoms with van der Waals surface area (Å²) >= 11 is 0. The first-order chi connectivity index (χ1) is 13.4. The fourth-order valence-electron chi connectivity index (χ4n) is 2.92. The fourth-order valence-corrected chi connectivity index (χ4v) is 4.34. The lowest BCUT2D eigenvalue weighted by Crippen LogP contribution is -2.30. The van der Waals surface area contributed by atoms with Gasteiger partial charge in [-0.25, -0.2) is 13.4 Å². The summed E-state index contributed by atoms with van der Waals surface area (Å²) in [5, 5.41) is 3.20. The number of sulfonamides is 1. The summed E-state index contributed by atoms with van der Waals surface area (Å²) < 4.78 is 27.4. The van der Waals surface area contributed by atoms with Crippen LogP contribution in [0, 0.1) is 0 Å². The number of rotatable bonds is 7. The second kappa shape index (κ2) is 8.44. The van der Waals surface area contributed by atoms with Gasteiger partial charge in [-0.1, -0.05) is 44.2 Å². The Morgan fingerprint density at radius 3 is 2.18 bits per heavy atom. The third-order valence-corrected chi connectivity index (χ3v) is 6.39.